The molecule has 20 heavy (non-hydrogen) atoms. The lowest BCUT2D eigenvalue weighted by molar-refractivity contribution is -0.132. The van der Waals surface area contributed by atoms with Crippen molar-refractivity contribution in [1.29, 1.82) is 0 Å². The van der Waals surface area contributed by atoms with Crippen LogP contribution >= 0.6 is 0 Å². The molecule has 5 nitrogen and oxygen atoms in total. The number of nitrogens with zero attached hydrogens (tertiary/aromatic N) is 1. The number of aryl methyl sites for hydroxylation is 1. The van der Waals surface area contributed by atoms with Crippen LogP contribution in [-0.2, 0) is 11.2 Å². The Labute approximate surface area is 119 Å². The summed E-state index contributed by atoms with van der Waals surface area (Å²) in [6.45, 7) is 4.06. The molecule has 0 spiro atoms. The number of hydrazine groups is 1. The molecule has 1 saturated heterocycles. The van der Waals surface area contributed by atoms with Crippen molar-refractivity contribution in [2.24, 2.45) is 11.8 Å². The number of rotatable bonds is 5. The van der Waals surface area contributed by atoms with Gasteiger partial charge >= 0.3 is 6.03 Å². The lowest BCUT2D eigenvalue weighted by Crippen LogP contribution is -2.49. The Bertz CT molecular complexity index is 501. The van der Waals surface area contributed by atoms with Crippen molar-refractivity contribution in [3.63, 3.8) is 0 Å². The van der Waals surface area contributed by atoms with Gasteiger partial charge < -0.3 is 5.32 Å². The van der Waals surface area contributed by atoms with Crippen LogP contribution in [0.25, 0.3) is 0 Å². The van der Waals surface area contributed by atoms with Gasteiger partial charge in [-0.2, -0.15) is 5.01 Å². The molecule has 0 aliphatic carbocycles. The lowest BCUT2D eigenvalue weighted by atomic mass is 9.83. The van der Waals surface area contributed by atoms with E-state index in [4.69, 9.17) is 5.84 Å². The van der Waals surface area contributed by atoms with Gasteiger partial charge in [0.2, 0.25) is 0 Å². The van der Waals surface area contributed by atoms with Gasteiger partial charge in [0, 0.05) is 0 Å². The van der Waals surface area contributed by atoms with E-state index in [1.54, 1.807) is 0 Å². The molecule has 108 valence electrons. The number of hydrogen-bond donors (Lipinski definition) is 2. The molecule has 1 unspecified atom stereocenters. The topological polar surface area (TPSA) is 75.4 Å². The van der Waals surface area contributed by atoms with Crippen molar-refractivity contribution < 1.29 is 9.59 Å². The van der Waals surface area contributed by atoms with E-state index < -0.39 is 11.6 Å². The SMILES string of the molecule is CC(C)CC1(CCc2ccccc2)NC(=O)N(N)C1=O. The van der Waals surface area contributed by atoms with Crippen LogP contribution in [0.1, 0.15) is 32.3 Å². The highest BCUT2D eigenvalue weighted by atomic mass is 16.2. The molecule has 1 heterocycles. The highest BCUT2D eigenvalue weighted by Gasteiger charge is 2.50. The van der Waals surface area contributed by atoms with Crippen LogP contribution in [-0.4, -0.2) is 22.5 Å². The average molecular weight is 275 g/mol. The zero-order valence-electron chi connectivity index (χ0n) is 11.9. The zero-order valence-corrected chi connectivity index (χ0v) is 11.9. The quantitative estimate of drug-likeness (QED) is 0.489. The summed E-state index contributed by atoms with van der Waals surface area (Å²) >= 11 is 0. The second-order valence-corrected chi connectivity index (χ2v) is 5.77. The molecule has 1 aromatic rings. The second-order valence-electron chi connectivity index (χ2n) is 5.77. The fourth-order valence-electron chi connectivity index (χ4n) is 2.75. The van der Waals surface area contributed by atoms with Gasteiger partial charge in [-0.05, 0) is 30.7 Å². The normalized spacial score (nSPS) is 22.5. The van der Waals surface area contributed by atoms with Crippen molar-refractivity contribution in [3.05, 3.63) is 35.9 Å². The van der Waals surface area contributed by atoms with E-state index in [1.807, 2.05) is 44.2 Å². The largest absolute Gasteiger partial charge is 0.339 e. The van der Waals surface area contributed by atoms with Gasteiger partial charge in [-0.25, -0.2) is 10.6 Å². The molecule has 3 N–H and O–H groups in total. The molecule has 0 saturated carbocycles. The Kier molecular flexibility index (Phi) is 4.09. The molecule has 0 bridgehead atoms. The molecule has 1 aromatic carbocycles. The number of carbonyl (C=O) groups excluding carboxylic acids is 2. The van der Waals surface area contributed by atoms with E-state index in [0.717, 1.165) is 12.0 Å². The number of benzene rings is 1. The van der Waals surface area contributed by atoms with E-state index in [2.05, 4.69) is 5.32 Å². The summed E-state index contributed by atoms with van der Waals surface area (Å²) in [4.78, 5) is 24.0. The molecule has 1 atom stereocenters. The number of nitrogens with one attached hydrogen (secondary N) is 1. The minimum absolute atomic E-state index is 0.293. The lowest BCUT2D eigenvalue weighted by Gasteiger charge is -2.28. The molecular formula is C15H21N3O2. The predicted molar refractivity (Wildman–Crippen MR) is 76.5 cm³/mol. The summed E-state index contributed by atoms with van der Waals surface area (Å²) in [5.41, 5.74) is 0.281. The van der Waals surface area contributed by atoms with Crippen molar-refractivity contribution in [3.8, 4) is 0 Å². The Hall–Kier alpha value is -1.88. The van der Waals surface area contributed by atoms with Gasteiger partial charge in [-0.15, -0.1) is 0 Å². The molecule has 1 aliphatic heterocycles. The third-order valence-electron chi connectivity index (χ3n) is 3.63. The van der Waals surface area contributed by atoms with Crippen LogP contribution < -0.4 is 11.2 Å². The average Bonchev–Trinajstić information content (AvgIpc) is 2.62. The monoisotopic (exact) mass is 275 g/mol. The van der Waals surface area contributed by atoms with Crippen molar-refractivity contribution in [2.75, 3.05) is 0 Å². The van der Waals surface area contributed by atoms with Crippen LogP contribution in [0.3, 0.4) is 0 Å². The maximum atomic E-state index is 12.3. The van der Waals surface area contributed by atoms with Gasteiger partial charge in [0.25, 0.3) is 5.91 Å². The van der Waals surface area contributed by atoms with Crippen LogP contribution in [0.15, 0.2) is 30.3 Å². The minimum Gasteiger partial charge on any atom is -0.322 e. The van der Waals surface area contributed by atoms with E-state index in [1.165, 1.54) is 0 Å². The fraction of sp³-hybridized carbons (Fsp3) is 0.467. The van der Waals surface area contributed by atoms with Crippen LogP contribution in [0.4, 0.5) is 4.79 Å². The molecule has 1 aliphatic rings. The van der Waals surface area contributed by atoms with Crippen molar-refractivity contribution >= 4 is 11.9 Å². The first-order chi connectivity index (χ1) is 9.44. The Morgan fingerprint density at radius 3 is 2.40 bits per heavy atom. The van der Waals surface area contributed by atoms with E-state index >= 15 is 0 Å². The Morgan fingerprint density at radius 2 is 1.90 bits per heavy atom. The zero-order chi connectivity index (χ0) is 14.8. The van der Waals surface area contributed by atoms with Crippen molar-refractivity contribution in [2.45, 2.75) is 38.6 Å². The van der Waals surface area contributed by atoms with Crippen molar-refractivity contribution in [1.82, 2.24) is 10.3 Å². The first-order valence-electron chi connectivity index (χ1n) is 6.90. The van der Waals surface area contributed by atoms with Gasteiger partial charge in [0.05, 0.1) is 0 Å². The molecular weight excluding hydrogens is 254 g/mol. The van der Waals surface area contributed by atoms with E-state index in [0.29, 0.717) is 23.8 Å². The summed E-state index contributed by atoms with van der Waals surface area (Å²) in [5.74, 6) is 5.48. The first-order valence-corrected chi connectivity index (χ1v) is 6.90. The maximum absolute atomic E-state index is 12.3. The summed E-state index contributed by atoms with van der Waals surface area (Å²) < 4.78 is 0. The summed E-state index contributed by atoms with van der Waals surface area (Å²) in [6.07, 6.45) is 1.89. The number of imide groups is 1. The van der Waals surface area contributed by atoms with Gasteiger partial charge in [-0.1, -0.05) is 44.2 Å². The number of carbonyl (C=O) groups is 2. The number of amides is 3. The number of hydrogen-bond acceptors (Lipinski definition) is 3. The first kappa shape index (κ1) is 14.5. The van der Waals surface area contributed by atoms with Gasteiger partial charge in [-0.3, -0.25) is 4.79 Å². The van der Waals surface area contributed by atoms with Gasteiger partial charge in [0.1, 0.15) is 5.54 Å². The van der Waals surface area contributed by atoms with E-state index in [9.17, 15) is 9.59 Å². The highest BCUT2D eigenvalue weighted by Crippen LogP contribution is 2.28. The summed E-state index contributed by atoms with van der Waals surface area (Å²) in [7, 11) is 0. The smallest absolute Gasteiger partial charge is 0.322 e. The van der Waals surface area contributed by atoms with Gasteiger partial charge in [0.15, 0.2) is 0 Å². The second kappa shape index (κ2) is 5.63. The fourth-order valence-corrected chi connectivity index (χ4v) is 2.75. The van der Waals surface area contributed by atoms with Crippen LogP contribution in [0, 0.1) is 5.92 Å². The third kappa shape index (κ3) is 2.82. The standard InChI is InChI=1S/C15H21N3O2/c1-11(2)10-15(13(19)18(16)14(20)17-15)9-8-12-6-4-3-5-7-12/h3-7,11H,8-10,16H2,1-2H3,(H,17,20). The molecule has 3 amide bonds. The number of urea groups is 1. The molecule has 2 rings (SSSR count). The summed E-state index contributed by atoms with van der Waals surface area (Å²) in [6, 6.07) is 9.42. The highest BCUT2D eigenvalue weighted by molar-refractivity contribution is 6.06. The third-order valence-corrected chi connectivity index (χ3v) is 3.63. The molecule has 0 radical (unpaired) electrons. The minimum atomic E-state index is -0.865. The predicted octanol–water partition coefficient (Wildman–Crippen LogP) is 1.83. The molecule has 5 heteroatoms. The summed E-state index contributed by atoms with van der Waals surface area (Å²) in [5, 5.41) is 3.48. The molecule has 0 aromatic heterocycles. The van der Waals surface area contributed by atoms with Crippen LogP contribution in [0.5, 0.6) is 0 Å². The molecule has 1 fully saturated rings. The van der Waals surface area contributed by atoms with Crippen LogP contribution in [0.2, 0.25) is 0 Å². The maximum Gasteiger partial charge on any atom is 0.339 e. The van der Waals surface area contributed by atoms with E-state index in [-0.39, 0.29) is 5.91 Å². The Morgan fingerprint density at radius 1 is 1.25 bits per heavy atom. The number of nitrogens with two attached hydrogens (primary N) is 1. The Balaban J connectivity index is 2.16.